The summed E-state index contributed by atoms with van der Waals surface area (Å²) in [4.78, 5) is 0. The van der Waals surface area contributed by atoms with Crippen LogP contribution in [-0.4, -0.2) is 30.6 Å². The van der Waals surface area contributed by atoms with Gasteiger partial charge in [0.05, 0.1) is 12.1 Å². The zero-order valence-electron chi connectivity index (χ0n) is 8.55. The molecule has 82 valence electrons. The van der Waals surface area contributed by atoms with E-state index in [0.29, 0.717) is 0 Å². The van der Waals surface area contributed by atoms with Crippen LogP contribution < -0.4 is 0 Å². The van der Waals surface area contributed by atoms with Crippen LogP contribution in [-0.2, 0) is 10.0 Å². The van der Waals surface area contributed by atoms with Crippen LogP contribution in [0.25, 0.3) is 0 Å². The SMILES string of the molecule is CC(C#N)S(=O)(=O)N(CCC#N)C1CC1. The van der Waals surface area contributed by atoms with Crippen molar-refractivity contribution in [2.24, 2.45) is 0 Å². The largest absolute Gasteiger partial charge is 0.230 e. The van der Waals surface area contributed by atoms with E-state index in [9.17, 15) is 8.42 Å². The Morgan fingerprint density at radius 1 is 1.47 bits per heavy atom. The number of sulfonamides is 1. The summed E-state index contributed by atoms with van der Waals surface area (Å²) in [5, 5.41) is 16.0. The Balaban J connectivity index is 2.80. The Bertz CT molecular complexity index is 400. The van der Waals surface area contributed by atoms with Gasteiger partial charge < -0.3 is 0 Å². The van der Waals surface area contributed by atoms with E-state index in [1.807, 2.05) is 6.07 Å². The minimum atomic E-state index is -3.54. The average molecular weight is 227 g/mol. The monoisotopic (exact) mass is 227 g/mol. The van der Waals surface area contributed by atoms with Gasteiger partial charge in [0.2, 0.25) is 10.0 Å². The zero-order valence-corrected chi connectivity index (χ0v) is 9.37. The molecule has 0 aromatic heterocycles. The van der Waals surface area contributed by atoms with Crippen molar-refractivity contribution in [1.82, 2.24) is 4.31 Å². The third kappa shape index (κ3) is 2.68. The molecule has 1 rings (SSSR count). The molecule has 1 saturated carbocycles. The van der Waals surface area contributed by atoms with Gasteiger partial charge in [-0.1, -0.05) is 0 Å². The van der Waals surface area contributed by atoms with Gasteiger partial charge in [0.1, 0.15) is 0 Å². The third-order valence-electron chi connectivity index (χ3n) is 2.35. The molecule has 1 aliphatic carbocycles. The van der Waals surface area contributed by atoms with Crippen molar-refractivity contribution in [2.75, 3.05) is 6.54 Å². The van der Waals surface area contributed by atoms with E-state index in [-0.39, 0.29) is 19.0 Å². The Labute approximate surface area is 90.0 Å². The van der Waals surface area contributed by atoms with E-state index in [0.717, 1.165) is 12.8 Å². The van der Waals surface area contributed by atoms with E-state index in [2.05, 4.69) is 0 Å². The quantitative estimate of drug-likeness (QED) is 0.688. The van der Waals surface area contributed by atoms with Crippen LogP contribution in [0, 0.1) is 22.7 Å². The highest BCUT2D eigenvalue weighted by atomic mass is 32.2. The fourth-order valence-electron chi connectivity index (χ4n) is 1.31. The maximum absolute atomic E-state index is 11.8. The smallest absolute Gasteiger partial charge is 0.211 e. The van der Waals surface area contributed by atoms with Crippen LogP contribution in [0.2, 0.25) is 0 Å². The molecule has 1 unspecified atom stereocenters. The van der Waals surface area contributed by atoms with Crippen molar-refractivity contribution in [1.29, 1.82) is 10.5 Å². The van der Waals surface area contributed by atoms with Crippen LogP contribution in [0.3, 0.4) is 0 Å². The standard InChI is InChI=1S/C9H13N3O2S/c1-8(7-11)15(13,14)12(6-2-5-10)9-3-4-9/h8-9H,2-4,6H2,1H3. The lowest BCUT2D eigenvalue weighted by Crippen LogP contribution is -2.39. The number of hydrogen-bond donors (Lipinski definition) is 0. The Morgan fingerprint density at radius 2 is 2.07 bits per heavy atom. The highest BCUT2D eigenvalue weighted by Gasteiger charge is 2.39. The first-order valence-electron chi connectivity index (χ1n) is 4.81. The van der Waals surface area contributed by atoms with Crippen molar-refractivity contribution in [3.63, 3.8) is 0 Å². The molecule has 0 amide bonds. The van der Waals surface area contributed by atoms with Crippen LogP contribution >= 0.6 is 0 Å². The van der Waals surface area contributed by atoms with E-state index in [4.69, 9.17) is 10.5 Å². The fourth-order valence-corrected chi connectivity index (χ4v) is 2.82. The molecule has 0 aromatic rings. The van der Waals surface area contributed by atoms with Gasteiger partial charge in [-0.3, -0.25) is 0 Å². The molecule has 0 N–H and O–H groups in total. The Kier molecular flexibility index (Phi) is 3.67. The number of rotatable bonds is 5. The molecule has 0 bridgehead atoms. The van der Waals surface area contributed by atoms with Gasteiger partial charge in [0.15, 0.2) is 5.25 Å². The molecule has 0 saturated heterocycles. The lowest BCUT2D eigenvalue weighted by molar-refractivity contribution is 0.408. The van der Waals surface area contributed by atoms with Crippen LogP contribution in [0.15, 0.2) is 0 Å². The van der Waals surface area contributed by atoms with Gasteiger partial charge in [-0.05, 0) is 19.8 Å². The summed E-state index contributed by atoms with van der Waals surface area (Å²) in [6, 6.07) is 3.67. The minimum Gasteiger partial charge on any atom is -0.211 e. The molecule has 5 nitrogen and oxygen atoms in total. The first-order valence-corrected chi connectivity index (χ1v) is 6.31. The maximum atomic E-state index is 11.8. The maximum Gasteiger partial charge on any atom is 0.230 e. The summed E-state index contributed by atoms with van der Waals surface area (Å²) in [7, 11) is -3.54. The summed E-state index contributed by atoms with van der Waals surface area (Å²) in [5.74, 6) is 0. The molecule has 0 aliphatic heterocycles. The van der Waals surface area contributed by atoms with Crippen molar-refractivity contribution in [3.05, 3.63) is 0 Å². The van der Waals surface area contributed by atoms with E-state index < -0.39 is 15.3 Å². The summed E-state index contributed by atoms with van der Waals surface area (Å²) >= 11 is 0. The van der Waals surface area contributed by atoms with Gasteiger partial charge in [-0.25, -0.2) is 8.42 Å². The first kappa shape index (κ1) is 12.0. The summed E-state index contributed by atoms with van der Waals surface area (Å²) in [6.45, 7) is 1.58. The van der Waals surface area contributed by atoms with Crippen LogP contribution in [0.4, 0.5) is 0 Å². The molecular weight excluding hydrogens is 214 g/mol. The van der Waals surface area contributed by atoms with Crippen LogP contribution in [0.1, 0.15) is 26.2 Å². The Hall–Kier alpha value is -1.11. The molecule has 0 heterocycles. The number of nitriles is 2. The van der Waals surface area contributed by atoms with Gasteiger partial charge in [-0.15, -0.1) is 0 Å². The molecule has 1 fully saturated rings. The van der Waals surface area contributed by atoms with E-state index in [1.165, 1.54) is 11.2 Å². The second kappa shape index (κ2) is 4.61. The van der Waals surface area contributed by atoms with Crippen molar-refractivity contribution in [3.8, 4) is 12.1 Å². The lowest BCUT2D eigenvalue weighted by atomic mass is 10.4. The van der Waals surface area contributed by atoms with Gasteiger partial charge >= 0.3 is 0 Å². The fraction of sp³-hybridized carbons (Fsp3) is 0.778. The molecule has 1 atom stereocenters. The molecular formula is C9H13N3O2S. The molecule has 1 aliphatic rings. The van der Waals surface area contributed by atoms with E-state index >= 15 is 0 Å². The second-order valence-electron chi connectivity index (χ2n) is 3.57. The summed E-state index contributed by atoms with van der Waals surface area (Å²) in [5.41, 5.74) is 0. The number of hydrogen-bond acceptors (Lipinski definition) is 4. The normalized spacial score (nSPS) is 18.1. The van der Waals surface area contributed by atoms with Crippen molar-refractivity contribution < 1.29 is 8.42 Å². The molecule has 0 aromatic carbocycles. The minimum absolute atomic E-state index is 0.0131. The highest BCUT2D eigenvalue weighted by Crippen LogP contribution is 2.30. The summed E-state index contributed by atoms with van der Waals surface area (Å²) < 4.78 is 25.0. The van der Waals surface area contributed by atoms with Gasteiger partial charge in [-0.2, -0.15) is 14.8 Å². The molecule has 0 radical (unpaired) electrons. The van der Waals surface area contributed by atoms with Crippen LogP contribution in [0.5, 0.6) is 0 Å². The third-order valence-corrected chi connectivity index (χ3v) is 4.49. The predicted molar refractivity (Wildman–Crippen MR) is 54.0 cm³/mol. The van der Waals surface area contributed by atoms with Crippen molar-refractivity contribution in [2.45, 2.75) is 37.5 Å². The summed E-state index contributed by atoms with van der Waals surface area (Å²) in [6.07, 6.45) is 1.85. The highest BCUT2D eigenvalue weighted by molar-refractivity contribution is 7.90. The van der Waals surface area contributed by atoms with Gasteiger partial charge in [0, 0.05) is 19.0 Å². The first-order chi connectivity index (χ1) is 7.04. The predicted octanol–water partition coefficient (Wildman–Crippen LogP) is 0.606. The topological polar surface area (TPSA) is 85.0 Å². The molecule has 15 heavy (non-hydrogen) atoms. The van der Waals surface area contributed by atoms with Crippen molar-refractivity contribution >= 4 is 10.0 Å². The Morgan fingerprint density at radius 3 is 2.47 bits per heavy atom. The number of nitrogens with zero attached hydrogens (tertiary/aromatic N) is 3. The molecule has 6 heteroatoms. The zero-order chi connectivity index (χ0) is 11.5. The van der Waals surface area contributed by atoms with E-state index in [1.54, 1.807) is 6.07 Å². The average Bonchev–Trinajstić information content (AvgIpc) is 3.01. The lowest BCUT2D eigenvalue weighted by Gasteiger charge is -2.21. The van der Waals surface area contributed by atoms with Gasteiger partial charge in [0.25, 0.3) is 0 Å². The molecule has 0 spiro atoms. The second-order valence-corrected chi connectivity index (χ2v) is 5.77.